The highest BCUT2D eigenvalue weighted by molar-refractivity contribution is 7.99. The summed E-state index contributed by atoms with van der Waals surface area (Å²) in [5.41, 5.74) is 2.92. The Kier molecular flexibility index (Phi) is 6.04. The van der Waals surface area contributed by atoms with Crippen molar-refractivity contribution in [3.8, 4) is 28.3 Å². The maximum atomic E-state index is 13.9. The van der Waals surface area contributed by atoms with Gasteiger partial charge in [0.15, 0.2) is 22.4 Å². The van der Waals surface area contributed by atoms with E-state index in [1.54, 1.807) is 22.8 Å². The number of hydrogen-bond donors (Lipinski definition) is 0. The number of aromatic nitrogens is 2. The van der Waals surface area contributed by atoms with Gasteiger partial charge in [0.1, 0.15) is 18.0 Å². The summed E-state index contributed by atoms with van der Waals surface area (Å²) in [6, 6.07) is 24.5. The van der Waals surface area contributed by atoms with Gasteiger partial charge in [0.05, 0.1) is 16.8 Å². The van der Waals surface area contributed by atoms with Gasteiger partial charge in [0.25, 0.3) is 5.56 Å². The Morgan fingerprint density at radius 3 is 2.44 bits per heavy atom. The number of carbonyl (C=O) groups excluding carboxylic acids is 1. The van der Waals surface area contributed by atoms with Gasteiger partial charge in [-0.3, -0.25) is 14.2 Å². The van der Waals surface area contributed by atoms with Crippen molar-refractivity contribution in [2.75, 3.05) is 19.0 Å². The zero-order valence-electron chi connectivity index (χ0n) is 19.0. The van der Waals surface area contributed by atoms with Crippen molar-refractivity contribution in [3.63, 3.8) is 0 Å². The molecule has 6 nitrogen and oxygen atoms in total. The van der Waals surface area contributed by atoms with Crippen molar-refractivity contribution >= 4 is 39.1 Å². The minimum atomic E-state index is -0.152. The lowest BCUT2D eigenvalue weighted by atomic mass is 10.1. The van der Waals surface area contributed by atoms with Gasteiger partial charge in [-0.05, 0) is 35.9 Å². The molecular formula is C28H20N2O4S2. The molecule has 0 N–H and O–H groups in total. The van der Waals surface area contributed by atoms with Gasteiger partial charge in [-0.1, -0.05) is 60.3 Å². The molecule has 0 saturated carbocycles. The van der Waals surface area contributed by atoms with Crippen LogP contribution in [0.3, 0.4) is 0 Å². The standard InChI is InChI=1S/C28H20N2O4S2/c31-22(19-11-12-23-24(15-19)34-14-13-33-23)17-36-28-29-26-25(21(16-35-26)18-7-3-1-4-8-18)27(32)30(28)20-9-5-2-6-10-20/h1-12,15-16H,13-14,17H2. The molecule has 1 aliphatic rings. The first-order valence-corrected chi connectivity index (χ1v) is 13.3. The lowest BCUT2D eigenvalue weighted by Gasteiger charge is -2.18. The first-order valence-electron chi connectivity index (χ1n) is 11.4. The molecule has 0 spiro atoms. The lowest BCUT2D eigenvalue weighted by Crippen LogP contribution is -2.22. The van der Waals surface area contributed by atoms with Crippen LogP contribution in [0.5, 0.6) is 11.5 Å². The fraction of sp³-hybridized carbons (Fsp3) is 0.107. The van der Waals surface area contributed by atoms with E-state index in [0.717, 1.165) is 11.1 Å². The topological polar surface area (TPSA) is 70.4 Å². The second-order valence-corrected chi connectivity index (χ2v) is 9.94. The smallest absolute Gasteiger partial charge is 0.268 e. The molecular weight excluding hydrogens is 492 g/mol. The molecule has 1 aliphatic heterocycles. The first-order chi connectivity index (χ1) is 17.7. The number of carbonyl (C=O) groups is 1. The molecule has 3 heterocycles. The average molecular weight is 513 g/mol. The van der Waals surface area contributed by atoms with Crippen molar-refractivity contribution in [1.82, 2.24) is 9.55 Å². The number of thiophene rings is 1. The van der Waals surface area contributed by atoms with Crippen molar-refractivity contribution in [2.45, 2.75) is 5.16 Å². The molecule has 0 amide bonds. The van der Waals surface area contributed by atoms with Gasteiger partial charge in [0.2, 0.25) is 0 Å². The van der Waals surface area contributed by atoms with Gasteiger partial charge in [0, 0.05) is 16.5 Å². The Labute approximate surface area is 215 Å². The normalized spacial score (nSPS) is 12.6. The van der Waals surface area contributed by atoms with E-state index < -0.39 is 0 Å². The van der Waals surface area contributed by atoms with Gasteiger partial charge in [-0.25, -0.2) is 4.98 Å². The van der Waals surface area contributed by atoms with Crippen LogP contribution in [0.25, 0.3) is 27.0 Å². The summed E-state index contributed by atoms with van der Waals surface area (Å²) >= 11 is 2.69. The molecule has 3 aromatic carbocycles. The number of ether oxygens (including phenoxy) is 2. The summed E-state index contributed by atoms with van der Waals surface area (Å²) in [5, 5.41) is 3.03. The molecule has 0 aliphatic carbocycles. The Bertz CT molecular complexity index is 1630. The summed E-state index contributed by atoms with van der Waals surface area (Å²) in [6.07, 6.45) is 0. The molecule has 0 unspecified atom stereocenters. The second kappa shape index (κ2) is 9.64. The molecule has 6 rings (SSSR count). The molecule has 0 fully saturated rings. The van der Waals surface area contributed by atoms with Crippen LogP contribution in [0.1, 0.15) is 10.4 Å². The molecule has 2 aromatic heterocycles. The Morgan fingerprint density at radius 1 is 0.944 bits per heavy atom. The third-order valence-corrected chi connectivity index (χ3v) is 7.68. The molecule has 5 aromatic rings. The lowest BCUT2D eigenvalue weighted by molar-refractivity contribution is 0.102. The highest BCUT2D eigenvalue weighted by Gasteiger charge is 2.20. The molecule has 0 atom stereocenters. The minimum Gasteiger partial charge on any atom is -0.486 e. The highest BCUT2D eigenvalue weighted by Crippen LogP contribution is 2.34. The second-order valence-electron chi connectivity index (χ2n) is 8.14. The van der Waals surface area contributed by atoms with Crippen LogP contribution < -0.4 is 15.0 Å². The summed E-state index contributed by atoms with van der Waals surface area (Å²) in [4.78, 5) is 32.4. The molecule has 0 bridgehead atoms. The summed E-state index contributed by atoms with van der Waals surface area (Å²) in [6.45, 7) is 0.953. The van der Waals surface area contributed by atoms with Crippen molar-refractivity contribution in [3.05, 3.63) is 100 Å². The number of benzene rings is 3. The van der Waals surface area contributed by atoms with Crippen LogP contribution in [-0.4, -0.2) is 34.3 Å². The van der Waals surface area contributed by atoms with Crippen LogP contribution in [0.4, 0.5) is 0 Å². The van der Waals surface area contributed by atoms with Crippen molar-refractivity contribution < 1.29 is 14.3 Å². The van der Waals surface area contributed by atoms with Gasteiger partial charge in [-0.15, -0.1) is 11.3 Å². The Morgan fingerprint density at radius 2 is 1.67 bits per heavy atom. The predicted molar refractivity (Wildman–Crippen MR) is 143 cm³/mol. The fourth-order valence-corrected chi connectivity index (χ4v) is 6.03. The van der Waals surface area contributed by atoms with Gasteiger partial charge < -0.3 is 9.47 Å². The van der Waals surface area contributed by atoms with Crippen LogP contribution in [0.15, 0.2) is 94.2 Å². The first kappa shape index (κ1) is 22.6. The van der Waals surface area contributed by atoms with E-state index in [9.17, 15) is 9.59 Å². The Balaban J connectivity index is 1.39. The SMILES string of the molecule is O=C(CSc1nc2scc(-c3ccccc3)c2c(=O)n1-c1ccccc1)c1ccc2c(c1)OCCO2. The molecule has 0 radical (unpaired) electrons. The molecule has 0 saturated heterocycles. The van der Waals surface area contributed by atoms with Crippen molar-refractivity contribution in [2.24, 2.45) is 0 Å². The number of rotatable bonds is 6. The van der Waals surface area contributed by atoms with E-state index in [2.05, 4.69) is 0 Å². The van der Waals surface area contributed by atoms with E-state index in [0.29, 0.717) is 51.3 Å². The third kappa shape index (κ3) is 4.19. The van der Waals surface area contributed by atoms with Crippen LogP contribution in [0.2, 0.25) is 0 Å². The number of thioether (sulfide) groups is 1. The van der Waals surface area contributed by atoms with Crippen LogP contribution >= 0.6 is 23.1 Å². The zero-order chi connectivity index (χ0) is 24.5. The molecule has 178 valence electrons. The van der Waals surface area contributed by atoms with E-state index in [-0.39, 0.29) is 17.1 Å². The Hall–Kier alpha value is -3.88. The van der Waals surface area contributed by atoms with Crippen molar-refractivity contribution in [1.29, 1.82) is 0 Å². The maximum absolute atomic E-state index is 13.9. The zero-order valence-corrected chi connectivity index (χ0v) is 20.7. The number of Topliss-reactive ketones (excluding diaryl/α,β-unsaturated/α-hetero) is 1. The molecule has 36 heavy (non-hydrogen) atoms. The average Bonchev–Trinajstić information content (AvgIpc) is 3.37. The summed E-state index contributed by atoms with van der Waals surface area (Å²) in [7, 11) is 0. The number of ketones is 1. The minimum absolute atomic E-state index is 0.0814. The number of nitrogens with zero attached hydrogens (tertiary/aromatic N) is 2. The largest absolute Gasteiger partial charge is 0.486 e. The monoisotopic (exact) mass is 512 g/mol. The van der Waals surface area contributed by atoms with Gasteiger partial charge >= 0.3 is 0 Å². The number of hydrogen-bond acceptors (Lipinski definition) is 7. The van der Waals surface area contributed by atoms with E-state index in [4.69, 9.17) is 14.5 Å². The van der Waals surface area contributed by atoms with E-state index in [1.165, 1.54) is 23.1 Å². The third-order valence-electron chi connectivity index (χ3n) is 5.87. The fourth-order valence-electron chi connectivity index (χ4n) is 4.13. The van der Waals surface area contributed by atoms with Crippen LogP contribution in [-0.2, 0) is 0 Å². The van der Waals surface area contributed by atoms with E-state index in [1.807, 2.05) is 66.0 Å². The van der Waals surface area contributed by atoms with Gasteiger partial charge in [-0.2, -0.15) is 0 Å². The maximum Gasteiger partial charge on any atom is 0.268 e. The highest BCUT2D eigenvalue weighted by atomic mass is 32.2. The number of fused-ring (bicyclic) bond motifs is 2. The summed E-state index contributed by atoms with van der Waals surface area (Å²) < 4.78 is 12.8. The number of para-hydroxylation sites is 1. The predicted octanol–water partition coefficient (Wildman–Crippen LogP) is 5.86. The molecule has 8 heteroatoms. The van der Waals surface area contributed by atoms with Crippen LogP contribution in [0, 0.1) is 0 Å². The van der Waals surface area contributed by atoms with E-state index >= 15 is 0 Å². The summed E-state index contributed by atoms with van der Waals surface area (Å²) in [5.74, 6) is 1.26. The quantitative estimate of drug-likeness (QED) is 0.161.